The molecule has 0 bridgehead atoms. The van der Waals surface area contributed by atoms with Crippen LogP contribution < -0.4 is 4.74 Å². The maximum Gasteiger partial charge on any atom is 0.416 e. The number of hydrogen-bond donors (Lipinski definition) is 1. The van der Waals surface area contributed by atoms with Crippen LogP contribution in [0.4, 0.5) is 13.2 Å². The number of methoxy groups -OCH3 is 1. The number of nitrogens with zero attached hydrogens (tertiary/aromatic N) is 3. The number of sulfonamides is 1. The van der Waals surface area contributed by atoms with Crippen LogP contribution in [0.1, 0.15) is 53.3 Å². The van der Waals surface area contributed by atoms with Crippen molar-refractivity contribution >= 4 is 15.9 Å². The summed E-state index contributed by atoms with van der Waals surface area (Å²) in [5.41, 5.74) is -0.380. The maximum atomic E-state index is 14.1. The monoisotopic (exact) mass is 605 g/mol. The van der Waals surface area contributed by atoms with Crippen LogP contribution in [0.3, 0.4) is 0 Å². The molecule has 1 fully saturated rings. The molecule has 5 rings (SSSR count). The number of likely N-dealkylation sites (tertiary alicyclic amines) is 1. The molecule has 0 spiro atoms. The Morgan fingerprint density at radius 3 is 2.31 bits per heavy atom. The van der Waals surface area contributed by atoms with Gasteiger partial charge in [0.1, 0.15) is 5.75 Å². The second kappa shape index (κ2) is 11.1. The Morgan fingerprint density at radius 1 is 1.02 bits per heavy atom. The molecule has 42 heavy (non-hydrogen) atoms. The molecule has 1 N–H and O–H groups in total. The van der Waals surface area contributed by atoms with Gasteiger partial charge in [-0.05, 0) is 79.8 Å². The molecule has 2 aliphatic rings. The molecule has 1 aromatic heterocycles. The third-order valence-electron chi connectivity index (χ3n) is 8.39. The summed E-state index contributed by atoms with van der Waals surface area (Å²) in [5, 5.41) is 11.2. The van der Waals surface area contributed by atoms with Crippen molar-refractivity contribution in [1.29, 1.82) is 0 Å². The number of rotatable bonds is 6. The highest BCUT2D eigenvalue weighted by Gasteiger charge is 2.42. The molecule has 0 saturated carbocycles. The molecule has 2 aromatic carbocycles. The van der Waals surface area contributed by atoms with Crippen molar-refractivity contribution in [1.82, 2.24) is 13.8 Å². The van der Waals surface area contributed by atoms with Gasteiger partial charge in [-0.1, -0.05) is 12.1 Å². The number of halogens is 3. The molecule has 2 aliphatic heterocycles. The second-order valence-electron chi connectivity index (χ2n) is 11.0. The van der Waals surface area contributed by atoms with Crippen LogP contribution in [0.25, 0.3) is 0 Å². The Hall–Kier alpha value is -3.35. The third kappa shape index (κ3) is 5.55. The quantitative estimate of drug-likeness (QED) is 0.437. The number of aliphatic hydroxyl groups is 1. The summed E-state index contributed by atoms with van der Waals surface area (Å²) < 4.78 is 76.6. The molecule has 0 radical (unpaired) electrons. The molecule has 0 aliphatic carbocycles. The Bertz CT molecular complexity index is 1570. The molecular weight excluding hydrogens is 571 g/mol. The first-order valence-corrected chi connectivity index (χ1v) is 15.2. The zero-order valence-electron chi connectivity index (χ0n) is 23.7. The van der Waals surface area contributed by atoms with Gasteiger partial charge in [-0.15, -0.1) is 0 Å². The Kier molecular flexibility index (Phi) is 7.92. The topological polar surface area (TPSA) is 92.1 Å². The predicted octanol–water partition coefficient (Wildman–Crippen LogP) is 4.78. The molecule has 8 nitrogen and oxygen atoms in total. The smallest absolute Gasteiger partial charge is 0.416 e. The van der Waals surface area contributed by atoms with Crippen LogP contribution in [-0.4, -0.2) is 59.9 Å². The minimum atomic E-state index is -4.53. The summed E-state index contributed by atoms with van der Waals surface area (Å²) in [6, 6.07) is 10.9. The zero-order valence-corrected chi connectivity index (χ0v) is 24.5. The van der Waals surface area contributed by atoms with Gasteiger partial charge in [0, 0.05) is 44.5 Å². The molecule has 1 atom stereocenters. The minimum absolute atomic E-state index is 0.0628. The summed E-state index contributed by atoms with van der Waals surface area (Å²) in [5.74, 6) is 0.266. The van der Waals surface area contributed by atoms with Gasteiger partial charge in [-0.3, -0.25) is 4.79 Å². The van der Waals surface area contributed by atoms with Gasteiger partial charge in [0.05, 0.1) is 29.2 Å². The van der Waals surface area contributed by atoms with Crippen molar-refractivity contribution in [2.24, 2.45) is 0 Å². The van der Waals surface area contributed by atoms with E-state index in [1.165, 1.54) is 23.5 Å². The molecule has 226 valence electrons. The lowest BCUT2D eigenvalue weighted by molar-refractivity contribution is -0.137. The summed E-state index contributed by atoms with van der Waals surface area (Å²) in [7, 11) is -2.49. The van der Waals surface area contributed by atoms with Gasteiger partial charge in [-0.2, -0.15) is 17.5 Å². The Labute approximate surface area is 243 Å². The zero-order chi connectivity index (χ0) is 30.4. The van der Waals surface area contributed by atoms with E-state index in [9.17, 15) is 31.5 Å². The first kappa shape index (κ1) is 30.1. The highest BCUT2D eigenvalue weighted by Crippen LogP contribution is 2.39. The number of amides is 1. The standard InChI is InChI=1S/C30H34F3N3O5S/c1-20-16-24(41-3)17-21(2)28(20)42(39,40)36-15-14-34-11-5-8-25(34)26(36)19-27(37)35-12-9-29(38,10-13-35)22-6-4-7-23(18-22)30(31,32)33/h4-8,11,16-18,26,38H,9-10,12-15,19H2,1-3H3. The molecule has 1 amide bonds. The van der Waals surface area contributed by atoms with E-state index in [1.807, 2.05) is 22.9 Å². The van der Waals surface area contributed by atoms with Crippen molar-refractivity contribution in [3.05, 3.63) is 82.7 Å². The summed E-state index contributed by atoms with van der Waals surface area (Å²) in [4.78, 5) is 15.3. The molecule has 1 saturated heterocycles. The van der Waals surface area contributed by atoms with Crippen molar-refractivity contribution in [2.75, 3.05) is 26.7 Å². The summed E-state index contributed by atoms with van der Waals surface area (Å²) in [6.07, 6.45) is -2.66. The van der Waals surface area contributed by atoms with E-state index in [0.29, 0.717) is 29.1 Å². The van der Waals surface area contributed by atoms with E-state index >= 15 is 0 Å². The van der Waals surface area contributed by atoms with E-state index in [1.54, 1.807) is 30.9 Å². The normalized spacial score (nSPS) is 19.4. The van der Waals surface area contributed by atoms with Crippen LogP contribution in [0.5, 0.6) is 5.75 Å². The van der Waals surface area contributed by atoms with Crippen LogP contribution >= 0.6 is 0 Å². The highest BCUT2D eigenvalue weighted by atomic mass is 32.2. The molecular formula is C30H34F3N3O5S. The van der Waals surface area contributed by atoms with Gasteiger partial charge in [0.25, 0.3) is 0 Å². The van der Waals surface area contributed by atoms with E-state index < -0.39 is 33.4 Å². The summed E-state index contributed by atoms with van der Waals surface area (Å²) in [6.45, 7) is 4.31. The number of aryl methyl sites for hydroxylation is 2. The van der Waals surface area contributed by atoms with Crippen LogP contribution in [0, 0.1) is 13.8 Å². The SMILES string of the molecule is COc1cc(C)c(S(=O)(=O)N2CCn3cccc3C2CC(=O)N2CCC(O)(c3cccc(C(F)(F)F)c3)CC2)c(C)c1. The lowest BCUT2D eigenvalue weighted by atomic mass is 9.83. The average molecular weight is 606 g/mol. The number of benzene rings is 2. The van der Waals surface area contributed by atoms with Crippen LogP contribution in [0.2, 0.25) is 0 Å². The third-order valence-corrected chi connectivity index (χ3v) is 10.6. The van der Waals surface area contributed by atoms with Gasteiger partial charge >= 0.3 is 6.18 Å². The van der Waals surface area contributed by atoms with Crippen LogP contribution in [-0.2, 0) is 33.1 Å². The molecule has 3 heterocycles. The Balaban J connectivity index is 1.37. The van der Waals surface area contributed by atoms with Gasteiger partial charge < -0.3 is 19.3 Å². The van der Waals surface area contributed by atoms with Gasteiger partial charge in [0.2, 0.25) is 15.9 Å². The number of aromatic nitrogens is 1. The lowest BCUT2D eigenvalue weighted by Crippen LogP contribution is -2.48. The van der Waals surface area contributed by atoms with Crippen molar-refractivity contribution in [3.63, 3.8) is 0 Å². The molecule has 3 aromatic rings. The fraction of sp³-hybridized carbons (Fsp3) is 0.433. The van der Waals surface area contributed by atoms with Crippen molar-refractivity contribution < 1.29 is 36.2 Å². The van der Waals surface area contributed by atoms with Crippen LogP contribution in [0.15, 0.2) is 59.6 Å². The second-order valence-corrected chi connectivity index (χ2v) is 12.9. The largest absolute Gasteiger partial charge is 0.497 e. The van der Waals surface area contributed by atoms with E-state index in [4.69, 9.17) is 4.74 Å². The minimum Gasteiger partial charge on any atom is -0.497 e. The average Bonchev–Trinajstić information content (AvgIpc) is 3.42. The van der Waals surface area contributed by atoms with Gasteiger partial charge in [0.15, 0.2) is 0 Å². The van der Waals surface area contributed by atoms with E-state index in [0.717, 1.165) is 12.1 Å². The highest BCUT2D eigenvalue weighted by molar-refractivity contribution is 7.89. The number of piperidine rings is 1. The lowest BCUT2D eigenvalue weighted by Gasteiger charge is -2.40. The number of fused-ring (bicyclic) bond motifs is 1. The number of alkyl halides is 3. The number of ether oxygens (including phenoxy) is 1. The number of carbonyl (C=O) groups excluding carboxylic acids is 1. The van der Waals surface area contributed by atoms with E-state index in [-0.39, 0.29) is 55.3 Å². The molecule has 12 heteroatoms. The number of carbonyl (C=O) groups is 1. The molecule has 1 unspecified atom stereocenters. The predicted molar refractivity (Wildman–Crippen MR) is 149 cm³/mol. The fourth-order valence-electron chi connectivity index (χ4n) is 6.18. The first-order chi connectivity index (χ1) is 19.7. The van der Waals surface area contributed by atoms with Gasteiger partial charge in [-0.25, -0.2) is 8.42 Å². The Morgan fingerprint density at radius 2 is 1.69 bits per heavy atom. The van der Waals surface area contributed by atoms with Crippen molar-refractivity contribution in [3.8, 4) is 5.75 Å². The first-order valence-electron chi connectivity index (χ1n) is 13.7. The maximum absolute atomic E-state index is 14.1. The summed E-state index contributed by atoms with van der Waals surface area (Å²) >= 11 is 0. The van der Waals surface area contributed by atoms with Crippen molar-refractivity contribution in [2.45, 2.75) is 62.4 Å². The number of hydrogen-bond acceptors (Lipinski definition) is 5. The van der Waals surface area contributed by atoms with E-state index in [2.05, 4.69) is 0 Å². The fourth-order valence-corrected chi connectivity index (χ4v) is 8.19.